The van der Waals surface area contributed by atoms with E-state index in [4.69, 9.17) is 0 Å². The van der Waals surface area contributed by atoms with Gasteiger partial charge < -0.3 is 0 Å². The quantitative estimate of drug-likeness (QED) is 0.724. The standard InChI is InChI=1S/C16H20OSe/c1-11-6-5-9-13-14(17)10-15(18-16(11)13)12-7-3-2-4-8-12/h2-4,7-8,11,13,15-16H,5-6,9-10H2,1H3. The van der Waals surface area contributed by atoms with E-state index in [9.17, 15) is 4.79 Å². The Labute approximate surface area is 116 Å². The minimum atomic E-state index is 0.411. The molecule has 4 atom stereocenters. The summed E-state index contributed by atoms with van der Waals surface area (Å²) < 4.78 is 0. The second-order valence-electron chi connectivity index (χ2n) is 5.69. The molecule has 1 aliphatic carbocycles. The average molecular weight is 307 g/mol. The first-order chi connectivity index (χ1) is 8.75. The molecule has 0 spiro atoms. The van der Waals surface area contributed by atoms with Gasteiger partial charge in [-0.3, -0.25) is 0 Å². The second kappa shape index (κ2) is 5.19. The zero-order valence-electron chi connectivity index (χ0n) is 10.8. The summed E-state index contributed by atoms with van der Waals surface area (Å²) in [7, 11) is 0. The molecular weight excluding hydrogens is 287 g/mol. The number of benzene rings is 1. The summed E-state index contributed by atoms with van der Waals surface area (Å²) in [5.41, 5.74) is 1.39. The fourth-order valence-electron chi connectivity index (χ4n) is 3.39. The molecule has 0 N–H and O–H groups in total. The van der Waals surface area contributed by atoms with E-state index in [2.05, 4.69) is 37.3 Å². The van der Waals surface area contributed by atoms with Gasteiger partial charge in [0.1, 0.15) is 0 Å². The molecule has 0 bridgehead atoms. The monoisotopic (exact) mass is 308 g/mol. The first-order valence-corrected chi connectivity index (χ1v) is 8.96. The number of ketones is 1. The van der Waals surface area contributed by atoms with Crippen LogP contribution in [0.5, 0.6) is 0 Å². The molecule has 1 aliphatic heterocycles. The van der Waals surface area contributed by atoms with Crippen LogP contribution in [0.25, 0.3) is 0 Å². The zero-order valence-corrected chi connectivity index (χ0v) is 12.6. The normalized spacial score (nSPS) is 36.2. The number of rotatable bonds is 1. The molecule has 2 aliphatic rings. The molecule has 1 saturated carbocycles. The van der Waals surface area contributed by atoms with Gasteiger partial charge in [0.2, 0.25) is 0 Å². The van der Waals surface area contributed by atoms with Gasteiger partial charge in [0.15, 0.2) is 0 Å². The van der Waals surface area contributed by atoms with E-state index in [0.717, 1.165) is 18.8 Å². The SMILES string of the molecule is CC1CCCC2C(=O)CC(c3ccccc3)[Se]C12. The molecule has 4 unspecified atom stereocenters. The van der Waals surface area contributed by atoms with Gasteiger partial charge in [-0.1, -0.05) is 0 Å². The van der Waals surface area contributed by atoms with E-state index in [0.29, 0.717) is 36.3 Å². The van der Waals surface area contributed by atoms with Crippen molar-refractivity contribution < 1.29 is 4.79 Å². The Morgan fingerprint density at radius 2 is 1.94 bits per heavy atom. The van der Waals surface area contributed by atoms with Gasteiger partial charge in [0.05, 0.1) is 0 Å². The summed E-state index contributed by atoms with van der Waals surface area (Å²) in [6, 6.07) is 10.7. The fourth-order valence-corrected chi connectivity index (χ4v) is 7.25. The van der Waals surface area contributed by atoms with Crippen LogP contribution in [0, 0.1) is 11.8 Å². The summed E-state index contributed by atoms with van der Waals surface area (Å²) in [5, 5.41) is 0. The Bertz CT molecular complexity index is 428. The molecule has 18 heavy (non-hydrogen) atoms. The Kier molecular flexibility index (Phi) is 3.59. The molecule has 1 heterocycles. The molecular formula is C16H20OSe. The van der Waals surface area contributed by atoms with Crippen molar-refractivity contribution in [3.8, 4) is 0 Å². The average Bonchev–Trinajstić information content (AvgIpc) is 2.41. The van der Waals surface area contributed by atoms with E-state index >= 15 is 0 Å². The van der Waals surface area contributed by atoms with Crippen LogP contribution < -0.4 is 0 Å². The molecule has 2 heteroatoms. The third-order valence-corrected chi connectivity index (χ3v) is 8.36. The van der Waals surface area contributed by atoms with Gasteiger partial charge >= 0.3 is 116 Å². The van der Waals surface area contributed by atoms with Crippen LogP contribution in [0.2, 0.25) is 4.82 Å². The van der Waals surface area contributed by atoms with E-state index in [1.807, 2.05) is 0 Å². The third-order valence-electron chi connectivity index (χ3n) is 4.42. The maximum atomic E-state index is 12.4. The molecule has 1 aromatic carbocycles. The summed E-state index contributed by atoms with van der Waals surface area (Å²) in [6.07, 6.45) is 4.56. The van der Waals surface area contributed by atoms with Gasteiger partial charge in [-0.05, 0) is 0 Å². The number of carbonyl (C=O) groups is 1. The first kappa shape index (κ1) is 12.4. The fraction of sp³-hybridized carbons (Fsp3) is 0.562. The van der Waals surface area contributed by atoms with Crippen molar-refractivity contribution in [3.05, 3.63) is 35.9 Å². The molecule has 1 nitrogen and oxygen atoms in total. The van der Waals surface area contributed by atoms with Crippen LogP contribution >= 0.6 is 0 Å². The van der Waals surface area contributed by atoms with Crippen molar-refractivity contribution in [2.45, 2.75) is 42.2 Å². The predicted molar refractivity (Wildman–Crippen MR) is 74.8 cm³/mol. The number of Topliss-reactive ketones (excluding diaryl/α,β-unsaturated/α-hetero) is 1. The van der Waals surface area contributed by atoms with Crippen LogP contribution in [0.15, 0.2) is 30.3 Å². The molecule has 96 valence electrons. The maximum absolute atomic E-state index is 12.4. The van der Waals surface area contributed by atoms with Crippen molar-refractivity contribution in [2.24, 2.45) is 11.8 Å². The van der Waals surface area contributed by atoms with Gasteiger partial charge in [0.25, 0.3) is 0 Å². The molecule has 2 fully saturated rings. The van der Waals surface area contributed by atoms with Crippen molar-refractivity contribution in [1.82, 2.24) is 0 Å². The van der Waals surface area contributed by atoms with Gasteiger partial charge in [-0.15, -0.1) is 0 Å². The van der Waals surface area contributed by atoms with Crippen LogP contribution in [0.1, 0.15) is 43.0 Å². The summed E-state index contributed by atoms with van der Waals surface area (Å²) in [4.78, 5) is 13.6. The van der Waals surface area contributed by atoms with Gasteiger partial charge in [-0.25, -0.2) is 0 Å². The molecule has 3 rings (SSSR count). The Balaban J connectivity index is 1.82. The third kappa shape index (κ3) is 2.29. The molecule has 1 aromatic rings. The number of fused-ring (bicyclic) bond motifs is 1. The molecule has 0 aromatic heterocycles. The van der Waals surface area contributed by atoms with E-state index in [1.54, 1.807) is 0 Å². The summed E-state index contributed by atoms with van der Waals surface area (Å²) in [6.45, 7) is 2.36. The topological polar surface area (TPSA) is 17.1 Å². The van der Waals surface area contributed by atoms with Crippen LogP contribution in [-0.4, -0.2) is 20.7 Å². The van der Waals surface area contributed by atoms with E-state index in [-0.39, 0.29) is 0 Å². The van der Waals surface area contributed by atoms with Gasteiger partial charge in [0, 0.05) is 0 Å². The molecule has 0 amide bonds. The molecule has 0 radical (unpaired) electrons. The summed E-state index contributed by atoms with van der Waals surface area (Å²) >= 11 is 0.597. The van der Waals surface area contributed by atoms with Crippen molar-refractivity contribution >= 4 is 20.7 Å². The van der Waals surface area contributed by atoms with Crippen LogP contribution in [-0.2, 0) is 4.79 Å². The van der Waals surface area contributed by atoms with Crippen molar-refractivity contribution in [1.29, 1.82) is 0 Å². The Morgan fingerprint density at radius 3 is 2.72 bits per heavy atom. The van der Waals surface area contributed by atoms with Crippen LogP contribution in [0.4, 0.5) is 0 Å². The van der Waals surface area contributed by atoms with Crippen molar-refractivity contribution in [3.63, 3.8) is 0 Å². The number of carbonyl (C=O) groups excluding carboxylic acids is 1. The molecule has 1 saturated heterocycles. The number of hydrogen-bond acceptors (Lipinski definition) is 1. The Hall–Kier alpha value is -0.591. The zero-order chi connectivity index (χ0) is 12.5. The van der Waals surface area contributed by atoms with E-state index in [1.165, 1.54) is 18.4 Å². The first-order valence-electron chi connectivity index (χ1n) is 6.99. The van der Waals surface area contributed by atoms with E-state index < -0.39 is 0 Å². The predicted octanol–water partition coefficient (Wildman–Crippen LogP) is 3.63. The van der Waals surface area contributed by atoms with Crippen LogP contribution in [0.3, 0.4) is 0 Å². The number of hydrogen-bond donors (Lipinski definition) is 0. The Morgan fingerprint density at radius 1 is 1.17 bits per heavy atom. The van der Waals surface area contributed by atoms with Gasteiger partial charge in [-0.2, -0.15) is 0 Å². The summed E-state index contributed by atoms with van der Waals surface area (Å²) in [5.74, 6) is 1.72. The van der Waals surface area contributed by atoms with Crippen molar-refractivity contribution in [2.75, 3.05) is 0 Å². The minimum absolute atomic E-state index is 0.411. The second-order valence-corrected chi connectivity index (χ2v) is 8.59.